The van der Waals surface area contributed by atoms with E-state index < -0.39 is 5.60 Å². The molecule has 1 amide bonds. The average Bonchev–Trinajstić information content (AvgIpc) is 3.15. The fourth-order valence-corrected chi connectivity index (χ4v) is 5.13. The number of carbonyl (C=O) groups is 1. The van der Waals surface area contributed by atoms with Crippen molar-refractivity contribution < 1.29 is 14.3 Å². The normalized spacial score (nSPS) is 19.9. The molecule has 1 fully saturated rings. The van der Waals surface area contributed by atoms with Gasteiger partial charge < -0.3 is 9.47 Å². The molecule has 1 aliphatic carbocycles. The van der Waals surface area contributed by atoms with Crippen LogP contribution in [0.4, 0.5) is 4.79 Å². The first kappa shape index (κ1) is 23.7. The fraction of sp³-hybridized carbons (Fsp3) is 0.444. The largest absolute Gasteiger partial charge is 0.490 e. The second-order valence-corrected chi connectivity index (χ2v) is 10.8. The number of H-pyrrole nitrogens is 1. The SMILES string of the molecule is CC(C)(C)OC(=O)N1Cc2cc(Cl)cnc2-c2c(C3CCC(Oc4ccccc4)CC3)n[nH]c2C1. The number of pyridine rings is 1. The highest BCUT2D eigenvalue weighted by Gasteiger charge is 2.34. The number of carbonyl (C=O) groups excluding carboxylic acids is 1. The summed E-state index contributed by atoms with van der Waals surface area (Å²) in [5, 5.41) is 8.50. The van der Waals surface area contributed by atoms with Crippen LogP contribution in [-0.4, -0.2) is 37.9 Å². The monoisotopic (exact) mass is 494 g/mol. The van der Waals surface area contributed by atoms with E-state index in [1.807, 2.05) is 57.2 Å². The lowest BCUT2D eigenvalue weighted by atomic mass is 9.83. The Bertz CT molecular complexity index is 1200. The van der Waals surface area contributed by atoms with Crippen LogP contribution in [0, 0.1) is 0 Å². The zero-order valence-electron chi connectivity index (χ0n) is 20.4. The Morgan fingerprint density at radius 3 is 2.57 bits per heavy atom. The van der Waals surface area contributed by atoms with Gasteiger partial charge in [-0.1, -0.05) is 29.8 Å². The number of nitrogens with one attached hydrogen (secondary N) is 1. The van der Waals surface area contributed by atoms with Crippen LogP contribution in [0.15, 0.2) is 42.6 Å². The molecule has 184 valence electrons. The predicted octanol–water partition coefficient (Wildman–Crippen LogP) is 6.48. The Kier molecular flexibility index (Phi) is 6.45. The van der Waals surface area contributed by atoms with Crippen molar-refractivity contribution in [1.29, 1.82) is 0 Å². The Hall–Kier alpha value is -3.06. The van der Waals surface area contributed by atoms with Crippen LogP contribution in [-0.2, 0) is 17.8 Å². The van der Waals surface area contributed by atoms with Gasteiger partial charge >= 0.3 is 6.09 Å². The van der Waals surface area contributed by atoms with Crippen molar-refractivity contribution in [2.24, 2.45) is 0 Å². The van der Waals surface area contributed by atoms with Gasteiger partial charge in [0.25, 0.3) is 0 Å². The first-order chi connectivity index (χ1) is 16.8. The molecule has 0 spiro atoms. The smallest absolute Gasteiger partial charge is 0.410 e. The van der Waals surface area contributed by atoms with Crippen LogP contribution >= 0.6 is 11.6 Å². The standard InChI is InChI=1S/C27H31ClN4O3/c1-27(2,3)35-26(33)32-15-18-13-19(28)14-29-24(18)23-22(16-32)30-31-25(23)17-9-11-21(12-10-17)34-20-7-5-4-6-8-20/h4-8,13-14,17,21H,9-12,15-16H2,1-3H3,(H,30,31). The average molecular weight is 495 g/mol. The van der Waals surface area contributed by atoms with Crippen molar-refractivity contribution >= 4 is 17.7 Å². The first-order valence-corrected chi connectivity index (χ1v) is 12.6. The highest BCUT2D eigenvalue weighted by atomic mass is 35.5. The third kappa shape index (κ3) is 5.30. The molecule has 7 nitrogen and oxygen atoms in total. The fourth-order valence-electron chi connectivity index (χ4n) is 4.95. The third-order valence-electron chi connectivity index (χ3n) is 6.51. The number of ether oxygens (including phenoxy) is 2. The van der Waals surface area contributed by atoms with Crippen LogP contribution in [0.25, 0.3) is 11.3 Å². The number of nitrogens with zero attached hydrogens (tertiary/aromatic N) is 3. The number of rotatable bonds is 3. The number of para-hydroxylation sites is 1. The van der Waals surface area contributed by atoms with Crippen LogP contribution in [0.3, 0.4) is 0 Å². The Morgan fingerprint density at radius 1 is 1.11 bits per heavy atom. The summed E-state index contributed by atoms with van der Waals surface area (Å²) in [6.45, 7) is 6.35. The van der Waals surface area contributed by atoms with Crippen molar-refractivity contribution in [3.8, 4) is 17.0 Å². The molecule has 0 radical (unpaired) electrons. The maximum atomic E-state index is 13.0. The molecule has 1 aliphatic heterocycles. The molecule has 8 heteroatoms. The zero-order chi connectivity index (χ0) is 24.6. The predicted molar refractivity (Wildman–Crippen MR) is 134 cm³/mol. The van der Waals surface area contributed by atoms with E-state index in [9.17, 15) is 4.79 Å². The number of halogens is 1. The van der Waals surface area contributed by atoms with Crippen molar-refractivity contribution in [1.82, 2.24) is 20.1 Å². The summed E-state index contributed by atoms with van der Waals surface area (Å²) in [4.78, 5) is 19.3. The molecule has 1 saturated carbocycles. The van der Waals surface area contributed by atoms with Gasteiger partial charge in [0, 0.05) is 17.7 Å². The van der Waals surface area contributed by atoms with Crippen molar-refractivity contribution in [3.05, 3.63) is 64.6 Å². The lowest BCUT2D eigenvalue weighted by Gasteiger charge is -2.28. The molecule has 0 bridgehead atoms. The maximum absolute atomic E-state index is 13.0. The van der Waals surface area contributed by atoms with E-state index in [0.717, 1.165) is 59.6 Å². The first-order valence-electron chi connectivity index (χ1n) is 12.2. The number of hydrogen-bond acceptors (Lipinski definition) is 5. The van der Waals surface area contributed by atoms with Crippen molar-refractivity contribution in [3.63, 3.8) is 0 Å². The summed E-state index contributed by atoms with van der Waals surface area (Å²) in [5.41, 5.74) is 4.03. The van der Waals surface area contributed by atoms with E-state index >= 15 is 0 Å². The van der Waals surface area contributed by atoms with E-state index in [4.69, 9.17) is 31.2 Å². The van der Waals surface area contributed by atoms with E-state index in [1.165, 1.54) is 0 Å². The van der Waals surface area contributed by atoms with Gasteiger partial charge in [0.1, 0.15) is 11.4 Å². The molecule has 2 aliphatic rings. The molecule has 3 heterocycles. The lowest BCUT2D eigenvalue weighted by Crippen LogP contribution is -2.35. The summed E-state index contributed by atoms with van der Waals surface area (Å²) < 4.78 is 11.9. The minimum atomic E-state index is -0.582. The highest BCUT2D eigenvalue weighted by molar-refractivity contribution is 6.30. The lowest BCUT2D eigenvalue weighted by molar-refractivity contribution is 0.0216. The topological polar surface area (TPSA) is 80.3 Å². The number of amides is 1. The van der Waals surface area contributed by atoms with E-state index in [-0.39, 0.29) is 12.2 Å². The molecule has 1 N–H and O–H groups in total. The quantitative estimate of drug-likeness (QED) is 0.450. The van der Waals surface area contributed by atoms with Crippen LogP contribution < -0.4 is 4.74 Å². The third-order valence-corrected chi connectivity index (χ3v) is 6.71. The van der Waals surface area contributed by atoms with Crippen molar-refractivity contribution in [2.75, 3.05) is 0 Å². The molecule has 0 saturated heterocycles. The minimum Gasteiger partial charge on any atom is -0.490 e. The molecule has 3 aromatic rings. The van der Waals surface area contributed by atoms with Gasteiger partial charge in [0.15, 0.2) is 0 Å². The Labute approximate surface area is 210 Å². The summed E-state index contributed by atoms with van der Waals surface area (Å²) in [5.74, 6) is 1.21. The molecular weight excluding hydrogens is 464 g/mol. The highest BCUT2D eigenvalue weighted by Crippen LogP contribution is 2.42. The summed E-state index contributed by atoms with van der Waals surface area (Å²) in [6.07, 6.45) is 5.39. The van der Waals surface area contributed by atoms with E-state index in [2.05, 4.69) is 5.10 Å². The van der Waals surface area contributed by atoms with Crippen LogP contribution in [0.1, 0.15) is 69.3 Å². The molecule has 2 aromatic heterocycles. The number of fused-ring (bicyclic) bond motifs is 3. The van der Waals surface area contributed by atoms with Gasteiger partial charge in [0.2, 0.25) is 0 Å². The van der Waals surface area contributed by atoms with Gasteiger partial charge in [-0.15, -0.1) is 0 Å². The van der Waals surface area contributed by atoms with Crippen LogP contribution in [0.5, 0.6) is 5.75 Å². The number of aromatic amines is 1. The van der Waals surface area contributed by atoms with Gasteiger partial charge in [-0.3, -0.25) is 15.0 Å². The van der Waals surface area contributed by atoms with E-state index in [0.29, 0.717) is 24.0 Å². The second kappa shape index (κ2) is 9.53. The van der Waals surface area contributed by atoms with Crippen molar-refractivity contribution in [2.45, 2.75) is 77.2 Å². The zero-order valence-corrected chi connectivity index (χ0v) is 21.1. The maximum Gasteiger partial charge on any atom is 0.410 e. The van der Waals surface area contributed by atoms with Gasteiger partial charge in [-0.05, 0) is 70.2 Å². The van der Waals surface area contributed by atoms with Gasteiger partial charge in [0.05, 0.1) is 41.3 Å². The minimum absolute atomic E-state index is 0.207. The molecule has 0 unspecified atom stereocenters. The van der Waals surface area contributed by atoms with E-state index in [1.54, 1.807) is 11.1 Å². The van der Waals surface area contributed by atoms with Gasteiger partial charge in [-0.2, -0.15) is 5.10 Å². The molecular formula is C27H31ClN4O3. The Morgan fingerprint density at radius 2 is 1.86 bits per heavy atom. The molecule has 35 heavy (non-hydrogen) atoms. The second-order valence-electron chi connectivity index (χ2n) is 10.4. The molecule has 0 atom stereocenters. The summed E-state index contributed by atoms with van der Waals surface area (Å²) in [7, 11) is 0. The number of benzene rings is 1. The number of aromatic nitrogens is 3. The van der Waals surface area contributed by atoms with Crippen LogP contribution in [0.2, 0.25) is 5.02 Å². The molecule has 1 aromatic carbocycles. The summed E-state index contributed by atoms with van der Waals surface area (Å²) in [6, 6.07) is 11.9. The Balaban J connectivity index is 1.40. The number of hydrogen-bond donors (Lipinski definition) is 1. The van der Waals surface area contributed by atoms with Gasteiger partial charge in [-0.25, -0.2) is 4.79 Å². The summed E-state index contributed by atoms with van der Waals surface area (Å²) >= 11 is 6.30. The molecule has 5 rings (SSSR count).